The van der Waals surface area contributed by atoms with Gasteiger partial charge in [-0.25, -0.2) is 4.68 Å². The lowest BCUT2D eigenvalue weighted by Gasteiger charge is -2.31. The number of hydrogen-bond donors (Lipinski definition) is 0. The third-order valence-corrected chi connectivity index (χ3v) is 4.35. The van der Waals surface area contributed by atoms with E-state index in [9.17, 15) is 4.79 Å². The predicted molar refractivity (Wildman–Crippen MR) is 86.1 cm³/mol. The zero-order valence-electron chi connectivity index (χ0n) is 13.1. The Labute approximate surface area is 138 Å². The Morgan fingerprint density at radius 3 is 2.67 bits per heavy atom. The highest BCUT2D eigenvalue weighted by Gasteiger charge is 2.26. The van der Waals surface area contributed by atoms with Gasteiger partial charge in [0.2, 0.25) is 0 Å². The second-order valence-electron chi connectivity index (χ2n) is 5.85. The molecule has 0 saturated carbocycles. The summed E-state index contributed by atoms with van der Waals surface area (Å²) < 4.78 is 7.19. The molecule has 0 aliphatic carbocycles. The summed E-state index contributed by atoms with van der Waals surface area (Å²) in [5.74, 6) is 0.523. The minimum absolute atomic E-state index is 0.0852. The van der Waals surface area contributed by atoms with E-state index in [0.717, 1.165) is 18.4 Å². The molecule has 7 nitrogen and oxygen atoms in total. The number of benzene rings is 1. The molecule has 0 unspecified atom stereocenters. The molecule has 7 heteroatoms. The molecule has 0 bridgehead atoms. The van der Waals surface area contributed by atoms with Gasteiger partial charge in [0.15, 0.2) is 11.5 Å². The smallest absolute Gasteiger partial charge is 0.276 e. The second kappa shape index (κ2) is 6.27. The van der Waals surface area contributed by atoms with E-state index in [1.165, 1.54) is 0 Å². The van der Waals surface area contributed by atoms with E-state index in [2.05, 4.69) is 15.5 Å². The van der Waals surface area contributed by atoms with Crippen LogP contribution in [0.2, 0.25) is 0 Å². The number of likely N-dealkylation sites (tertiary alicyclic amines) is 1. The Morgan fingerprint density at radius 2 is 1.96 bits per heavy atom. The van der Waals surface area contributed by atoms with Gasteiger partial charge in [0, 0.05) is 30.9 Å². The van der Waals surface area contributed by atoms with E-state index in [1.54, 1.807) is 12.3 Å². The summed E-state index contributed by atoms with van der Waals surface area (Å²) in [6.45, 7) is 1.35. The van der Waals surface area contributed by atoms with Crippen LogP contribution in [0.4, 0.5) is 0 Å². The van der Waals surface area contributed by atoms with Crippen molar-refractivity contribution in [1.29, 1.82) is 0 Å². The highest BCUT2D eigenvalue weighted by Crippen LogP contribution is 2.24. The normalized spacial score (nSPS) is 15.6. The lowest BCUT2D eigenvalue weighted by molar-refractivity contribution is 0.0679. The fourth-order valence-corrected chi connectivity index (χ4v) is 3.02. The molecule has 1 aliphatic heterocycles. The molecule has 0 spiro atoms. The van der Waals surface area contributed by atoms with Crippen molar-refractivity contribution >= 4 is 5.91 Å². The first-order chi connectivity index (χ1) is 11.8. The van der Waals surface area contributed by atoms with E-state index in [1.807, 2.05) is 46.1 Å². The van der Waals surface area contributed by atoms with Gasteiger partial charge in [-0.15, -0.1) is 5.10 Å². The number of amides is 1. The van der Waals surface area contributed by atoms with Gasteiger partial charge in [-0.05, 0) is 12.8 Å². The number of aromatic nitrogens is 4. The van der Waals surface area contributed by atoms with Crippen molar-refractivity contribution in [3.63, 3.8) is 0 Å². The average molecular weight is 323 g/mol. The van der Waals surface area contributed by atoms with E-state index in [0.29, 0.717) is 30.6 Å². The SMILES string of the molecule is O=C(c1cc(-c2ccccc2)on1)N1CCC(n2ccnn2)CC1. The number of hydrogen-bond acceptors (Lipinski definition) is 5. The standard InChI is InChI=1S/C17H17N5O2/c23-17(15-12-16(24-19-15)13-4-2-1-3-5-13)21-9-6-14(7-10-21)22-11-8-18-20-22/h1-5,8,11-12,14H,6-7,9-10H2. The number of rotatable bonds is 3. The molecule has 3 heterocycles. The lowest BCUT2D eigenvalue weighted by Crippen LogP contribution is -2.39. The molecule has 2 aromatic heterocycles. The topological polar surface area (TPSA) is 77.0 Å². The van der Waals surface area contributed by atoms with Crippen LogP contribution in [0.3, 0.4) is 0 Å². The maximum absolute atomic E-state index is 12.6. The van der Waals surface area contributed by atoms with E-state index in [4.69, 9.17) is 4.52 Å². The molecule has 4 rings (SSSR count). The first kappa shape index (κ1) is 14.6. The van der Waals surface area contributed by atoms with Gasteiger partial charge in [0.25, 0.3) is 5.91 Å². The third kappa shape index (κ3) is 2.80. The molecule has 0 atom stereocenters. The van der Waals surface area contributed by atoms with Gasteiger partial charge in [-0.2, -0.15) is 0 Å². The minimum Gasteiger partial charge on any atom is -0.355 e. The van der Waals surface area contributed by atoms with Crippen LogP contribution in [0.25, 0.3) is 11.3 Å². The van der Waals surface area contributed by atoms with Crippen LogP contribution in [0.15, 0.2) is 53.3 Å². The number of nitrogens with zero attached hydrogens (tertiary/aromatic N) is 5. The van der Waals surface area contributed by atoms with Crippen LogP contribution in [0, 0.1) is 0 Å². The first-order valence-electron chi connectivity index (χ1n) is 7.98. The van der Waals surface area contributed by atoms with Crippen LogP contribution in [0.1, 0.15) is 29.4 Å². The highest BCUT2D eigenvalue weighted by molar-refractivity contribution is 5.93. The molecule has 0 N–H and O–H groups in total. The van der Waals surface area contributed by atoms with E-state index >= 15 is 0 Å². The van der Waals surface area contributed by atoms with Crippen LogP contribution in [0.5, 0.6) is 0 Å². The van der Waals surface area contributed by atoms with Gasteiger partial charge in [0.1, 0.15) is 0 Å². The molecule has 24 heavy (non-hydrogen) atoms. The molecule has 1 aromatic carbocycles. The van der Waals surface area contributed by atoms with Crippen molar-refractivity contribution in [2.45, 2.75) is 18.9 Å². The molecule has 122 valence electrons. The molecule has 1 fully saturated rings. The van der Waals surface area contributed by atoms with Gasteiger partial charge in [0.05, 0.1) is 12.2 Å². The van der Waals surface area contributed by atoms with Gasteiger partial charge >= 0.3 is 0 Å². The zero-order chi connectivity index (χ0) is 16.4. The summed E-state index contributed by atoms with van der Waals surface area (Å²) in [6, 6.07) is 11.7. The molecule has 0 radical (unpaired) electrons. The monoisotopic (exact) mass is 323 g/mol. The molecular formula is C17H17N5O2. The van der Waals surface area contributed by atoms with Crippen LogP contribution in [-0.4, -0.2) is 44.0 Å². The Bertz CT molecular complexity index is 805. The second-order valence-corrected chi connectivity index (χ2v) is 5.85. The van der Waals surface area contributed by atoms with E-state index in [-0.39, 0.29) is 5.91 Å². The molecule has 1 amide bonds. The van der Waals surface area contributed by atoms with Crippen molar-refractivity contribution in [2.24, 2.45) is 0 Å². The molecular weight excluding hydrogens is 306 g/mol. The van der Waals surface area contributed by atoms with Crippen molar-refractivity contribution in [1.82, 2.24) is 25.1 Å². The van der Waals surface area contributed by atoms with Crippen LogP contribution in [-0.2, 0) is 0 Å². The molecule has 1 saturated heterocycles. The van der Waals surface area contributed by atoms with Crippen molar-refractivity contribution < 1.29 is 9.32 Å². The highest BCUT2D eigenvalue weighted by atomic mass is 16.5. The summed E-state index contributed by atoms with van der Waals surface area (Å²) >= 11 is 0. The largest absolute Gasteiger partial charge is 0.355 e. The Morgan fingerprint density at radius 1 is 1.17 bits per heavy atom. The fraction of sp³-hybridized carbons (Fsp3) is 0.294. The maximum Gasteiger partial charge on any atom is 0.276 e. The quantitative estimate of drug-likeness (QED) is 0.740. The fourth-order valence-electron chi connectivity index (χ4n) is 3.02. The van der Waals surface area contributed by atoms with Gasteiger partial charge < -0.3 is 9.42 Å². The Balaban J connectivity index is 1.43. The molecule has 3 aromatic rings. The number of carbonyl (C=O) groups is 1. The van der Waals surface area contributed by atoms with Crippen LogP contribution < -0.4 is 0 Å². The number of piperidine rings is 1. The molecule has 1 aliphatic rings. The van der Waals surface area contributed by atoms with Crippen molar-refractivity contribution in [3.8, 4) is 11.3 Å². The minimum atomic E-state index is -0.0852. The Kier molecular flexibility index (Phi) is 3.82. The summed E-state index contributed by atoms with van der Waals surface area (Å²) in [5.41, 5.74) is 1.27. The summed E-state index contributed by atoms with van der Waals surface area (Å²) in [7, 11) is 0. The lowest BCUT2D eigenvalue weighted by atomic mass is 10.0. The zero-order valence-corrected chi connectivity index (χ0v) is 13.1. The summed E-state index contributed by atoms with van der Waals surface area (Å²) in [6.07, 6.45) is 5.26. The first-order valence-corrected chi connectivity index (χ1v) is 7.98. The van der Waals surface area contributed by atoms with Crippen molar-refractivity contribution in [2.75, 3.05) is 13.1 Å². The summed E-state index contributed by atoms with van der Waals surface area (Å²) in [5, 5.41) is 11.8. The van der Waals surface area contributed by atoms with Gasteiger partial charge in [-0.3, -0.25) is 4.79 Å². The summed E-state index contributed by atoms with van der Waals surface area (Å²) in [4.78, 5) is 14.4. The van der Waals surface area contributed by atoms with Crippen LogP contribution >= 0.6 is 0 Å². The predicted octanol–water partition coefficient (Wildman–Crippen LogP) is 2.41. The van der Waals surface area contributed by atoms with Crippen molar-refractivity contribution in [3.05, 3.63) is 54.5 Å². The maximum atomic E-state index is 12.6. The number of carbonyl (C=O) groups excluding carboxylic acids is 1. The Hall–Kier alpha value is -2.96. The van der Waals surface area contributed by atoms with E-state index < -0.39 is 0 Å². The third-order valence-electron chi connectivity index (χ3n) is 4.35. The average Bonchev–Trinajstić information content (AvgIpc) is 3.34. The van der Waals surface area contributed by atoms with Gasteiger partial charge in [-0.1, -0.05) is 40.7 Å².